The van der Waals surface area contributed by atoms with Gasteiger partial charge >= 0.3 is 0 Å². The van der Waals surface area contributed by atoms with Crippen LogP contribution in [-0.2, 0) is 0 Å². The Balaban J connectivity index is 2.15. The van der Waals surface area contributed by atoms with Crippen molar-refractivity contribution < 1.29 is 5.11 Å². The van der Waals surface area contributed by atoms with Gasteiger partial charge in [-0.2, -0.15) is 15.0 Å². The fourth-order valence-electron chi connectivity index (χ4n) is 1.32. The van der Waals surface area contributed by atoms with Crippen molar-refractivity contribution in [3.63, 3.8) is 0 Å². The molecule has 0 bridgehead atoms. The Morgan fingerprint density at radius 1 is 1.11 bits per heavy atom. The molecule has 0 aliphatic heterocycles. The lowest BCUT2D eigenvalue weighted by atomic mass is 10.3. The van der Waals surface area contributed by atoms with E-state index in [4.69, 9.17) is 16.7 Å². The first-order valence-corrected chi connectivity index (χ1v) is 6.92. The zero-order valence-corrected chi connectivity index (χ0v) is 12.7. The third-order valence-electron chi connectivity index (χ3n) is 2.10. The minimum Gasteiger partial charge on any atom is -0.395 e. The number of benzene rings is 1. The van der Waals surface area contributed by atoms with Crippen molar-refractivity contribution in [2.75, 3.05) is 23.8 Å². The summed E-state index contributed by atoms with van der Waals surface area (Å²) in [5.74, 6) is 0.670. The number of hydrogen-bond donors (Lipinski definition) is 3. The standard InChI is InChI=1S/C11H11ClIN5O/c12-9-16-10(14-5-6-19)18-11(17-9)15-8-3-1-7(13)2-4-8/h1-4,19H,5-6H2,(H2,14,15,16,17,18). The van der Waals surface area contributed by atoms with Gasteiger partial charge in [-0.15, -0.1) is 0 Å². The lowest BCUT2D eigenvalue weighted by Crippen LogP contribution is -2.10. The number of rotatable bonds is 5. The second-order valence-electron chi connectivity index (χ2n) is 3.53. The van der Waals surface area contributed by atoms with Gasteiger partial charge in [-0.05, 0) is 58.5 Å². The van der Waals surface area contributed by atoms with Crippen molar-refractivity contribution in [3.05, 3.63) is 33.1 Å². The van der Waals surface area contributed by atoms with Crippen molar-refractivity contribution in [1.29, 1.82) is 0 Å². The molecule has 0 aliphatic carbocycles. The van der Waals surface area contributed by atoms with Crippen LogP contribution in [0, 0.1) is 3.57 Å². The highest BCUT2D eigenvalue weighted by molar-refractivity contribution is 14.1. The summed E-state index contributed by atoms with van der Waals surface area (Å²) in [6, 6.07) is 7.77. The van der Waals surface area contributed by atoms with Gasteiger partial charge in [0.05, 0.1) is 6.61 Å². The van der Waals surface area contributed by atoms with Crippen LogP contribution in [0.3, 0.4) is 0 Å². The molecular formula is C11H11ClIN5O. The minimum atomic E-state index is -0.0107. The van der Waals surface area contributed by atoms with E-state index in [2.05, 4.69) is 48.2 Å². The lowest BCUT2D eigenvalue weighted by molar-refractivity contribution is 0.311. The predicted molar refractivity (Wildman–Crippen MR) is 82.9 cm³/mol. The number of aliphatic hydroxyl groups is 1. The number of aromatic nitrogens is 3. The molecule has 0 spiro atoms. The molecule has 1 heterocycles. The Kier molecular flexibility index (Phi) is 5.11. The number of nitrogens with zero attached hydrogens (tertiary/aromatic N) is 3. The molecule has 8 heteroatoms. The van der Waals surface area contributed by atoms with Crippen LogP contribution in [0.25, 0.3) is 0 Å². The Labute approximate surface area is 128 Å². The molecule has 2 aromatic rings. The van der Waals surface area contributed by atoms with Gasteiger partial charge in [-0.25, -0.2) is 0 Å². The molecule has 6 nitrogen and oxygen atoms in total. The van der Waals surface area contributed by atoms with Gasteiger partial charge in [0.2, 0.25) is 17.2 Å². The first kappa shape index (κ1) is 14.2. The minimum absolute atomic E-state index is 0.0107. The van der Waals surface area contributed by atoms with Gasteiger partial charge in [-0.1, -0.05) is 0 Å². The Hall–Kier alpha value is -1.19. The van der Waals surface area contributed by atoms with E-state index in [1.165, 1.54) is 0 Å². The molecule has 1 aromatic heterocycles. The lowest BCUT2D eigenvalue weighted by Gasteiger charge is -2.07. The maximum atomic E-state index is 8.74. The Morgan fingerprint density at radius 3 is 2.47 bits per heavy atom. The molecular weight excluding hydrogens is 381 g/mol. The molecule has 0 radical (unpaired) electrons. The zero-order chi connectivity index (χ0) is 13.7. The second-order valence-corrected chi connectivity index (χ2v) is 5.12. The summed E-state index contributed by atoms with van der Waals surface area (Å²) in [6.45, 7) is 0.340. The maximum absolute atomic E-state index is 8.74. The zero-order valence-electron chi connectivity index (χ0n) is 9.77. The van der Waals surface area contributed by atoms with E-state index in [1.807, 2.05) is 24.3 Å². The van der Waals surface area contributed by atoms with Gasteiger partial charge < -0.3 is 15.7 Å². The van der Waals surface area contributed by atoms with Gasteiger partial charge in [-0.3, -0.25) is 0 Å². The van der Waals surface area contributed by atoms with Crippen molar-refractivity contribution in [2.24, 2.45) is 0 Å². The molecule has 2 rings (SSSR count). The fourth-order valence-corrected chi connectivity index (χ4v) is 1.83. The molecule has 0 amide bonds. The van der Waals surface area contributed by atoms with Crippen LogP contribution in [0.1, 0.15) is 0 Å². The van der Waals surface area contributed by atoms with E-state index >= 15 is 0 Å². The molecule has 100 valence electrons. The molecule has 0 aliphatic rings. The summed E-state index contributed by atoms with van der Waals surface area (Å²) in [5.41, 5.74) is 0.857. The van der Waals surface area contributed by atoms with E-state index in [1.54, 1.807) is 0 Å². The van der Waals surface area contributed by atoms with Gasteiger partial charge in [0, 0.05) is 15.8 Å². The SMILES string of the molecule is OCCNc1nc(Cl)nc(Nc2ccc(I)cc2)n1. The van der Waals surface area contributed by atoms with Gasteiger partial charge in [0.15, 0.2) is 0 Å². The van der Waals surface area contributed by atoms with E-state index < -0.39 is 0 Å². The summed E-state index contributed by atoms with van der Waals surface area (Å²) in [5, 5.41) is 14.7. The van der Waals surface area contributed by atoms with Crippen LogP contribution in [0.15, 0.2) is 24.3 Å². The predicted octanol–water partition coefficient (Wildman–Crippen LogP) is 2.28. The second kappa shape index (κ2) is 6.83. The summed E-state index contributed by atoms with van der Waals surface area (Å²) >= 11 is 8.04. The van der Waals surface area contributed by atoms with E-state index in [0.29, 0.717) is 18.4 Å². The van der Waals surface area contributed by atoms with Crippen LogP contribution in [0.4, 0.5) is 17.6 Å². The van der Waals surface area contributed by atoms with Crippen molar-refractivity contribution in [1.82, 2.24) is 15.0 Å². The molecule has 0 fully saturated rings. The summed E-state index contributed by atoms with van der Waals surface area (Å²) < 4.78 is 1.14. The van der Waals surface area contributed by atoms with E-state index in [0.717, 1.165) is 9.26 Å². The monoisotopic (exact) mass is 391 g/mol. The van der Waals surface area contributed by atoms with Crippen LogP contribution < -0.4 is 10.6 Å². The maximum Gasteiger partial charge on any atom is 0.233 e. The first-order chi connectivity index (χ1) is 9.17. The van der Waals surface area contributed by atoms with Crippen molar-refractivity contribution >= 4 is 51.8 Å². The molecule has 0 saturated carbocycles. The highest BCUT2D eigenvalue weighted by atomic mass is 127. The molecule has 0 atom stereocenters. The quantitative estimate of drug-likeness (QED) is 0.678. The smallest absolute Gasteiger partial charge is 0.233 e. The number of anilines is 3. The molecule has 0 unspecified atom stereocenters. The number of aliphatic hydroxyl groups excluding tert-OH is 1. The van der Waals surface area contributed by atoms with Crippen LogP contribution in [0.5, 0.6) is 0 Å². The summed E-state index contributed by atoms with van der Waals surface area (Å²) in [6.07, 6.45) is 0. The van der Waals surface area contributed by atoms with Gasteiger partial charge in [0.25, 0.3) is 0 Å². The summed E-state index contributed by atoms with van der Waals surface area (Å²) in [4.78, 5) is 12.0. The highest BCUT2D eigenvalue weighted by Gasteiger charge is 2.05. The Morgan fingerprint density at radius 2 is 1.79 bits per heavy atom. The molecule has 19 heavy (non-hydrogen) atoms. The van der Waals surface area contributed by atoms with Crippen LogP contribution in [-0.4, -0.2) is 33.2 Å². The average molecular weight is 392 g/mol. The van der Waals surface area contributed by atoms with Crippen molar-refractivity contribution in [3.8, 4) is 0 Å². The average Bonchev–Trinajstić information content (AvgIpc) is 2.38. The first-order valence-electron chi connectivity index (χ1n) is 5.46. The van der Waals surface area contributed by atoms with Crippen LogP contribution >= 0.6 is 34.2 Å². The number of halogens is 2. The van der Waals surface area contributed by atoms with Crippen LogP contribution in [0.2, 0.25) is 5.28 Å². The molecule has 1 aromatic carbocycles. The topological polar surface area (TPSA) is 83.0 Å². The molecule has 3 N–H and O–H groups in total. The normalized spacial score (nSPS) is 10.3. The third kappa shape index (κ3) is 4.44. The fraction of sp³-hybridized carbons (Fsp3) is 0.182. The van der Waals surface area contributed by atoms with E-state index in [-0.39, 0.29) is 11.9 Å². The van der Waals surface area contributed by atoms with Gasteiger partial charge in [0.1, 0.15) is 0 Å². The van der Waals surface area contributed by atoms with Crippen molar-refractivity contribution in [2.45, 2.75) is 0 Å². The highest BCUT2D eigenvalue weighted by Crippen LogP contribution is 2.17. The molecule has 0 saturated heterocycles. The number of nitrogens with one attached hydrogen (secondary N) is 2. The largest absolute Gasteiger partial charge is 0.395 e. The van der Waals surface area contributed by atoms with E-state index in [9.17, 15) is 0 Å². The number of hydrogen-bond acceptors (Lipinski definition) is 6. The summed E-state index contributed by atoms with van der Waals surface area (Å²) in [7, 11) is 0. The Bertz CT molecular complexity index is 551. The third-order valence-corrected chi connectivity index (χ3v) is 2.99.